The Balaban J connectivity index is 2.02. The van der Waals surface area contributed by atoms with Crippen molar-refractivity contribution in [3.63, 3.8) is 0 Å². The summed E-state index contributed by atoms with van der Waals surface area (Å²) in [4.78, 5) is 0. The van der Waals surface area contributed by atoms with E-state index in [4.69, 9.17) is 37.4 Å². The van der Waals surface area contributed by atoms with E-state index in [-0.39, 0.29) is 0 Å². The van der Waals surface area contributed by atoms with Gasteiger partial charge in [0, 0.05) is 10.0 Å². The van der Waals surface area contributed by atoms with Gasteiger partial charge in [0.25, 0.3) is 0 Å². The molecule has 0 saturated heterocycles. The lowest BCUT2D eigenvalue weighted by atomic mass is 10.3. The molecule has 2 aromatic carbocycles. The maximum absolute atomic E-state index is 5.85. The largest absolute Gasteiger partial charge is 0.432 e. The molecule has 0 N–H and O–H groups in total. The van der Waals surface area contributed by atoms with E-state index in [2.05, 4.69) is 0 Å². The molecular formula is C16H16Cl2O3. The number of ether oxygens (including phenoxy) is 3. The van der Waals surface area contributed by atoms with Crippen molar-refractivity contribution >= 4 is 23.2 Å². The Morgan fingerprint density at radius 2 is 1.24 bits per heavy atom. The van der Waals surface area contributed by atoms with Gasteiger partial charge in [-0.2, -0.15) is 0 Å². The molecule has 0 aliphatic rings. The lowest BCUT2D eigenvalue weighted by Gasteiger charge is -2.20. The summed E-state index contributed by atoms with van der Waals surface area (Å²) in [5.41, 5.74) is 0. The first-order chi connectivity index (χ1) is 10.2. The maximum Gasteiger partial charge on any atom is 0.360 e. The van der Waals surface area contributed by atoms with Gasteiger partial charge in [0.2, 0.25) is 0 Å². The number of benzene rings is 2. The average molecular weight is 327 g/mol. The summed E-state index contributed by atoms with van der Waals surface area (Å²) in [5, 5.41) is 1.29. The second kappa shape index (κ2) is 8.13. The molecule has 0 aliphatic carbocycles. The molecule has 0 atom stereocenters. The van der Waals surface area contributed by atoms with Crippen LogP contribution in [-0.2, 0) is 4.74 Å². The van der Waals surface area contributed by atoms with Gasteiger partial charge in [0.1, 0.15) is 11.5 Å². The van der Waals surface area contributed by atoms with Crippen molar-refractivity contribution in [3.8, 4) is 11.5 Å². The van der Waals surface area contributed by atoms with E-state index in [9.17, 15) is 0 Å². The highest BCUT2D eigenvalue weighted by Gasteiger charge is 2.13. The standard InChI is InChI=1S/C16H16Cl2O3/c1-2-11-19-16(20-14-7-3-12(17)4-8-14)21-15-9-5-13(18)6-10-15/h3-10,16H,2,11H2,1H3. The third-order valence-corrected chi connectivity index (χ3v) is 3.05. The van der Waals surface area contributed by atoms with Crippen LogP contribution in [0.1, 0.15) is 13.3 Å². The minimum absolute atomic E-state index is 0.534. The Labute approximate surface area is 134 Å². The van der Waals surface area contributed by atoms with Gasteiger partial charge in [-0.15, -0.1) is 0 Å². The Morgan fingerprint density at radius 1 is 0.810 bits per heavy atom. The third kappa shape index (κ3) is 5.46. The van der Waals surface area contributed by atoms with Gasteiger partial charge >= 0.3 is 6.48 Å². The normalized spacial score (nSPS) is 10.7. The van der Waals surface area contributed by atoms with Crippen molar-refractivity contribution in [2.24, 2.45) is 0 Å². The number of rotatable bonds is 7. The van der Waals surface area contributed by atoms with Crippen LogP contribution >= 0.6 is 23.2 Å². The average Bonchev–Trinajstić information content (AvgIpc) is 2.49. The van der Waals surface area contributed by atoms with E-state index >= 15 is 0 Å². The lowest BCUT2D eigenvalue weighted by Crippen LogP contribution is -2.27. The summed E-state index contributed by atoms with van der Waals surface area (Å²) < 4.78 is 16.9. The zero-order chi connectivity index (χ0) is 15.1. The summed E-state index contributed by atoms with van der Waals surface area (Å²) in [5.74, 6) is 1.24. The molecule has 0 saturated carbocycles. The van der Waals surface area contributed by atoms with Crippen LogP contribution in [0.2, 0.25) is 10.0 Å². The predicted molar refractivity (Wildman–Crippen MR) is 84.2 cm³/mol. The van der Waals surface area contributed by atoms with E-state index in [1.807, 2.05) is 6.92 Å². The minimum Gasteiger partial charge on any atom is -0.432 e. The molecule has 0 aliphatic heterocycles. The zero-order valence-corrected chi connectivity index (χ0v) is 13.1. The molecule has 2 aromatic rings. The van der Waals surface area contributed by atoms with Gasteiger partial charge in [-0.1, -0.05) is 30.1 Å². The van der Waals surface area contributed by atoms with Crippen LogP contribution < -0.4 is 9.47 Å². The second-order valence-electron chi connectivity index (χ2n) is 4.30. The Morgan fingerprint density at radius 3 is 1.62 bits per heavy atom. The number of halogens is 2. The fraction of sp³-hybridized carbons (Fsp3) is 0.250. The van der Waals surface area contributed by atoms with E-state index in [1.54, 1.807) is 48.5 Å². The van der Waals surface area contributed by atoms with Crippen molar-refractivity contribution in [2.75, 3.05) is 6.61 Å². The number of hydrogen-bond acceptors (Lipinski definition) is 3. The Bertz CT molecular complexity index is 493. The second-order valence-corrected chi connectivity index (χ2v) is 5.18. The molecule has 5 heteroatoms. The van der Waals surface area contributed by atoms with Gasteiger partial charge < -0.3 is 14.2 Å². The Hall–Kier alpha value is -1.42. The molecular weight excluding hydrogens is 311 g/mol. The van der Waals surface area contributed by atoms with Crippen LogP contribution in [-0.4, -0.2) is 13.1 Å². The highest BCUT2D eigenvalue weighted by atomic mass is 35.5. The minimum atomic E-state index is -0.827. The summed E-state index contributed by atoms with van der Waals surface area (Å²) >= 11 is 11.7. The fourth-order valence-electron chi connectivity index (χ4n) is 1.55. The van der Waals surface area contributed by atoms with Crippen LogP contribution in [0, 0.1) is 0 Å². The molecule has 0 spiro atoms. The van der Waals surface area contributed by atoms with Crippen LogP contribution in [0.4, 0.5) is 0 Å². The van der Waals surface area contributed by atoms with Crippen molar-refractivity contribution in [2.45, 2.75) is 19.8 Å². The summed E-state index contributed by atoms with van der Waals surface area (Å²) in [7, 11) is 0. The quantitative estimate of drug-likeness (QED) is 0.657. The van der Waals surface area contributed by atoms with Gasteiger partial charge in [-0.05, 0) is 55.0 Å². The highest BCUT2D eigenvalue weighted by molar-refractivity contribution is 6.30. The fourth-order valence-corrected chi connectivity index (χ4v) is 1.81. The van der Waals surface area contributed by atoms with E-state index < -0.39 is 6.48 Å². The summed E-state index contributed by atoms with van der Waals surface area (Å²) in [6.07, 6.45) is 0.866. The molecule has 112 valence electrons. The van der Waals surface area contributed by atoms with Crippen molar-refractivity contribution < 1.29 is 14.2 Å². The molecule has 0 fully saturated rings. The van der Waals surface area contributed by atoms with Gasteiger partial charge in [0.15, 0.2) is 0 Å². The lowest BCUT2D eigenvalue weighted by molar-refractivity contribution is -0.198. The molecule has 0 aromatic heterocycles. The predicted octanol–water partition coefficient (Wildman–Crippen LogP) is 5.16. The Kier molecular flexibility index (Phi) is 6.18. The van der Waals surface area contributed by atoms with E-state index in [0.29, 0.717) is 28.2 Å². The third-order valence-electron chi connectivity index (χ3n) is 2.55. The van der Waals surface area contributed by atoms with Gasteiger partial charge in [-0.25, -0.2) is 0 Å². The molecule has 21 heavy (non-hydrogen) atoms. The molecule has 0 bridgehead atoms. The van der Waals surface area contributed by atoms with E-state index in [0.717, 1.165) is 6.42 Å². The first-order valence-electron chi connectivity index (χ1n) is 6.63. The van der Waals surface area contributed by atoms with Crippen molar-refractivity contribution in [1.82, 2.24) is 0 Å². The van der Waals surface area contributed by atoms with Crippen LogP contribution in [0.5, 0.6) is 11.5 Å². The maximum atomic E-state index is 5.85. The van der Waals surface area contributed by atoms with Crippen molar-refractivity contribution in [3.05, 3.63) is 58.6 Å². The van der Waals surface area contributed by atoms with Crippen LogP contribution in [0.3, 0.4) is 0 Å². The van der Waals surface area contributed by atoms with Gasteiger partial charge in [0.05, 0.1) is 6.61 Å². The molecule has 0 unspecified atom stereocenters. The highest BCUT2D eigenvalue weighted by Crippen LogP contribution is 2.21. The molecule has 0 amide bonds. The summed E-state index contributed by atoms with van der Waals surface area (Å²) in [6.45, 7) is 1.72. The topological polar surface area (TPSA) is 27.7 Å². The van der Waals surface area contributed by atoms with Crippen molar-refractivity contribution in [1.29, 1.82) is 0 Å². The SMILES string of the molecule is CCCOC(Oc1ccc(Cl)cc1)Oc1ccc(Cl)cc1. The number of hydrogen-bond donors (Lipinski definition) is 0. The first kappa shape index (κ1) is 16.0. The summed E-state index contributed by atoms with van der Waals surface area (Å²) in [6, 6.07) is 14.0. The first-order valence-corrected chi connectivity index (χ1v) is 7.39. The molecule has 0 heterocycles. The smallest absolute Gasteiger partial charge is 0.360 e. The van der Waals surface area contributed by atoms with Gasteiger partial charge in [-0.3, -0.25) is 0 Å². The van der Waals surface area contributed by atoms with Crippen LogP contribution in [0.25, 0.3) is 0 Å². The van der Waals surface area contributed by atoms with Crippen LogP contribution in [0.15, 0.2) is 48.5 Å². The van der Waals surface area contributed by atoms with E-state index in [1.165, 1.54) is 0 Å². The monoisotopic (exact) mass is 326 g/mol. The molecule has 3 nitrogen and oxygen atoms in total. The molecule has 2 rings (SSSR count). The zero-order valence-electron chi connectivity index (χ0n) is 11.6. The molecule has 0 radical (unpaired) electrons.